The normalized spacial score (nSPS) is 16.5. The van der Waals surface area contributed by atoms with Gasteiger partial charge in [-0.25, -0.2) is 4.98 Å². The van der Waals surface area contributed by atoms with Crippen LogP contribution in [0.4, 0.5) is 0 Å². The molecular weight excluding hydrogens is 426 g/mol. The van der Waals surface area contributed by atoms with Crippen molar-refractivity contribution in [2.45, 2.75) is 47.0 Å². The summed E-state index contributed by atoms with van der Waals surface area (Å²) in [4.78, 5) is 21.1. The molecule has 33 heavy (non-hydrogen) atoms. The number of nitrogens with zero attached hydrogens (tertiary/aromatic N) is 3. The fraction of sp³-hybridized carbons (Fsp3) is 0.321. The Morgan fingerprint density at radius 1 is 1.03 bits per heavy atom. The highest BCUT2D eigenvalue weighted by Gasteiger charge is 2.32. The second kappa shape index (κ2) is 7.22. The van der Waals surface area contributed by atoms with Crippen LogP contribution >= 0.6 is 11.3 Å². The van der Waals surface area contributed by atoms with E-state index in [2.05, 4.69) is 58.0 Å². The van der Waals surface area contributed by atoms with E-state index in [-0.39, 0.29) is 11.0 Å². The van der Waals surface area contributed by atoms with E-state index >= 15 is 0 Å². The summed E-state index contributed by atoms with van der Waals surface area (Å²) in [5.41, 5.74) is 5.09. The molecule has 6 rings (SSSR count). The molecular formula is C28H27N3OS. The smallest absolute Gasteiger partial charge is 0.267 e. The van der Waals surface area contributed by atoms with Gasteiger partial charge in [-0.15, -0.1) is 11.3 Å². The molecule has 5 heteroatoms. The number of aryl methyl sites for hydroxylation is 2. The van der Waals surface area contributed by atoms with Crippen molar-refractivity contribution in [1.82, 2.24) is 14.6 Å². The number of hydrogen-bond acceptors (Lipinski definition) is 4. The molecule has 3 heterocycles. The second-order valence-electron chi connectivity index (χ2n) is 10.4. The Hall–Kier alpha value is -3.05. The predicted octanol–water partition coefficient (Wildman–Crippen LogP) is 6.58. The molecule has 2 aromatic carbocycles. The first-order valence-electron chi connectivity index (χ1n) is 11.6. The molecule has 0 unspecified atom stereocenters. The molecule has 166 valence electrons. The van der Waals surface area contributed by atoms with Gasteiger partial charge in [0.05, 0.1) is 11.1 Å². The van der Waals surface area contributed by atoms with Gasteiger partial charge in [0.2, 0.25) is 0 Å². The van der Waals surface area contributed by atoms with Crippen molar-refractivity contribution in [3.05, 3.63) is 74.9 Å². The van der Waals surface area contributed by atoms with E-state index in [1.807, 2.05) is 18.2 Å². The van der Waals surface area contributed by atoms with Gasteiger partial charge in [0, 0.05) is 21.2 Å². The summed E-state index contributed by atoms with van der Waals surface area (Å²) in [6.07, 6.45) is 3.09. The SMILES string of the molecule is Cc1ccc(-c2nn3c(=O)c4c5c(sc4nc3c3ccccc23)C[C@H](C(C)(C)C)CC5)cc1. The van der Waals surface area contributed by atoms with E-state index in [1.165, 1.54) is 16.0 Å². The van der Waals surface area contributed by atoms with Gasteiger partial charge in [-0.1, -0.05) is 74.9 Å². The predicted molar refractivity (Wildman–Crippen MR) is 137 cm³/mol. The average molecular weight is 454 g/mol. The Labute approximate surface area is 196 Å². The van der Waals surface area contributed by atoms with Crippen molar-refractivity contribution in [3.63, 3.8) is 0 Å². The fourth-order valence-electron chi connectivity index (χ4n) is 5.19. The van der Waals surface area contributed by atoms with Crippen LogP contribution < -0.4 is 5.56 Å². The van der Waals surface area contributed by atoms with Gasteiger partial charge in [-0.05, 0) is 43.1 Å². The lowest BCUT2D eigenvalue weighted by Gasteiger charge is -2.33. The minimum absolute atomic E-state index is 0.0409. The zero-order chi connectivity index (χ0) is 22.9. The molecule has 0 aliphatic heterocycles. The van der Waals surface area contributed by atoms with E-state index in [0.717, 1.165) is 51.5 Å². The van der Waals surface area contributed by atoms with Crippen LogP contribution in [0.5, 0.6) is 0 Å². The van der Waals surface area contributed by atoms with E-state index in [4.69, 9.17) is 10.1 Å². The van der Waals surface area contributed by atoms with Crippen LogP contribution in [-0.2, 0) is 12.8 Å². The van der Waals surface area contributed by atoms with E-state index in [9.17, 15) is 4.79 Å². The third-order valence-electron chi connectivity index (χ3n) is 7.23. The summed E-state index contributed by atoms with van der Waals surface area (Å²) >= 11 is 1.71. The van der Waals surface area contributed by atoms with Crippen molar-refractivity contribution < 1.29 is 0 Å². The summed E-state index contributed by atoms with van der Waals surface area (Å²) in [6.45, 7) is 9.03. The molecule has 0 amide bonds. The minimum Gasteiger partial charge on any atom is -0.267 e. The summed E-state index contributed by atoms with van der Waals surface area (Å²) < 4.78 is 1.54. The summed E-state index contributed by atoms with van der Waals surface area (Å²) in [5.74, 6) is 0.627. The zero-order valence-electron chi connectivity index (χ0n) is 19.5. The number of rotatable bonds is 1. The van der Waals surface area contributed by atoms with Gasteiger partial charge in [0.15, 0.2) is 5.65 Å². The number of hydrogen-bond donors (Lipinski definition) is 0. The molecule has 0 radical (unpaired) electrons. The van der Waals surface area contributed by atoms with Gasteiger partial charge in [0.1, 0.15) is 4.83 Å². The molecule has 0 fully saturated rings. The number of thiophene rings is 1. The molecule has 0 saturated heterocycles. The molecule has 0 spiro atoms. The maximum atomic E-state index is 13.8. The van der Waals surface area contributed by atoms with Crippen LogP contribution in [0.3, 0.4) is 0 Å². The van der Waals surface area contributed by atoms with Gasteiger partial charge in [0.25, 0.3) is 5.56 Å². The maximum Gasteiger partial charge on any atom is 0.283 e. The Morgan fingerprint density at radius 2 is 1.76 bits per heavy atom. The Bertz CT molecular complexity index is 1600. The molecule has 1 aliphatic rings. The van der Waals surface area contributed by atoms with Crippen LogP contribution in [0.1, 0.15) is 43.2 Å². The zero-order valence-corrected chi connectivity index (χ0v) is 20.3. The highest BCUT2D eigenvalue weighted by atomic mass is 32.1. The Morgan fingerprint density at radius 3 is 2.48 bits per heavy atom. The van der Waals surface area contributed by atoms with Gasteiger partial charge in [-0.2, -0.15) is 9.61 Å². The van der Waals surface area contributed by atoms with Crippen LogP contribution in [0.2, 0.25) is 0 Å². The van der Waals surface area contributed by atoms with Crippen LogP contribution in [-0.4, -0.2) is 14.6 Å². The molecule has 0 bridgehead atoms. The lowest BCUT2D eigenvalue weighted by molar-refractivity contribution is 0.218. The quantitative estimate of drug-likeness (QED) is 0.269. The van der Waals surface area contributed by atoms with Crippen molar-refractivity contribution in [1.29, 1.82) is 0 Å². The summed E-state index contributed by atoms with van der Waals surface area (Å²) in [7, 11) is 0. The monoisotopic (exact) mass is 453 g/mol. The van der Waals surface area contributed by atoms with Crippen molar-refractivity contribution in [3.8, 4) is 11.3 Å². The van der Waals surface area contributed by atoms with E-state index in [0.29, 0.717) is 11.6 Å². The highest BCUT2D eigenvalue weighted by Crippen LogP contribution is 2.42. The van der Waals surface area contributed by atoms with Gasteiger partial charge < -0.3 is 0 Å². The largest absolute Gasteiger partial charge is 0.283 e. The van der Waals surface area contributed by atoms with Crippen molar-refractivity contribution in [2.75, 3.05) is 0 Å². The highest BCUT2D eigenvalue weighted by molar-refractivity contribution is 7.18. The third kappa shape index (κ3) is 3.21. The van der Waals surface area contributed by atoms with Crippen LogP contribution in [0.25, 0.3) is 37.9 Å². The van der Waals surface area contributed by atoms with Gasteiger partial charge in [-0.3, -0.25) is 4.79 Å². The molecule has 0 N–H and O–H groups in total. The molecule has 1 atom stereocenters. The number of aromatic nitrogens is 3. The first-order valence-corrected chi connectivity index (χ1v) is 12.5. The maximum absolute atomic E-state index is 13.8. The van der Waals surface area contributed by atoms with E-state index in [1.54, 1.807) is 15.9 Å². The molecule has 4 nitrogen and oxygen atoms in total. The minimum atomic E-state index is -0.0409. The number of fused-ring (bicyclic) bond motifs is 6. The molecule has 1 aliphatic carbocycles. The average Bonchev–Trinajstić information content (AvgIpc) is 3.17. The first kappa shape index (κ1) is 20.5. The first-order chi connectivity index (χ1) is 15.8. The fourth-order valence-corrected chi connectivity index (χ4v) is 6.48. The Kier molecular flexibility index (Phi) is 4.50. The number of benzene rings is 2. The second-order valence-corrected chi connectivity index (χ2v) is 11.5. The van der Waals surface area contributed by atoms with Crippen LogP contribution in [0, 0.1) is 18.3 Å². The van der Waals surface area contributed by atoms with E-state index < -0.39 is 0 Å². The third-order valence-corrected chi connectivity index (χ3v) is 8.38. The van der Waals surface area contributed by atoms with Crippen molar-refractivity contribution >= 4 is 38.0 Å². The topological polar surface area (TPSA) is 47.3 Å². The summed E-state index contributed by atoms with van der Waals surface area (Å²) in [5, 5.41) is 7.63. The van der Waals surface area contributed by atoms with Crippen LogP contribution in [0.15, 0.2) is 53.3 Å². The lowest BCUT2D eigenvalue weighted by Crippen LogP contribution is -2.26. The van der Waals surface area contributed by atoms with Gasteiger partial charge >= 0.3 is 0 Å². The Balaban J connectivity index is 1.65. The molecule has 5 aromatic rings. The summed E-state index contributed by atoms with van der Waals surface area (Å²) in [6, 6.07) is 16.5. The standard InChI is InChI=1S/C28H27N3OS/c1-16-9-11-17(12-10-16)24-19-7-5-6-8-20(19)25-29-26-23(27(32)31(25)30-24)21-14-13-18(28(2,3)4)15-22(21)33-26/h5-12,18H,13-15H2,1-4H3/t18-/m1/s1. The molecule has 0 saturated carbocycles. The van der Waals surface area contributed by atoms with Crippen molar-refractivity contribution in [2.24, 2.45) is 11.3 Å². The molecule has 3 aromatic heterocycles. The lowest BCUT2D eigenvalue weighted by atomic mass is 9.72.